The Morgan fingerprint density at radius 3 is 1.94 bits per heavy atom. The van der Waals surface area contributed by atoms with Crippen LogP contribution < -0.4 is 10.6 Å². The molecule has 13 nitrogen and oxygen atoms in total. The highest BCUT2D eigenvalue weighted by Crippen LogP contribution is 2.16. The Hall–Kier alpha value is -2.44. The molecule has 0 aliphatic carbocycles. The molecule has 0 radical (unpaired) electrons. The summed E-state index contributed by atoms with van der Waals surface area (Å²) in [6, 6.07) is -3.64. The number of carbonyl (C=O) groups excluding carboxylic acids is 3. The first-order valence-electron chi connectivity index (χ1n) is 8.36. The van der Waals surface area contributed by atoms with Crippen molar-refractivity contribution in [2.75, 3.05) is 12.4 Å². The molecule has 0 bridgehead atoms. The van der Waals surface area contributed by atoms with E-state index in [0.717, 1.165) is 0 Å². The maximum Gasteiger partial charge on any atom is 0.471 e. The van der Waals surface area contributed by atoms with E-state index in [1.54, 1.807) is 0 Å². The van der Waals surface area contributed by atoms with Gasteiger partial charge in [0.15, 0.2) is 0 Å². The summed E-state index contributed by atoms with van der Waals surface area (Å²) >= 11 is 3.69. The highest BCUT2D eigenvalue weighted by molar-refractivity contribution is 7.81. The van der Waals surface area contributed by atoms with Crippen molar-refractivity contribution in [2.24, 2.45) is 5.92 Å². The Morgan fingerprint density at radius 1 is 1.00 bits per heavy atom. The van der Waals surface area contributed by atoms with Crippen molar-refractivity contribution >= 4 is 52.6 Å². The Morgan fingerprint density at radius 2 is 1.53 bits per heavy atom. The van der Waals surface area contributed by atoms with Gasteiger partial charge >= 0.3 is 34.4 Å². The molecular formula is C14H19F3N2O11S2. The Bertz CT molecular complexity index is 832. The number of alkyl halides is 3. The van der Waals surface area contributed by atoms with Crippen LogP contribution in [0.15, 0.2) is 0 Å². The lowest BCUT2D eigenvalue weighted by Crippen LogP contribution is -2.47. The number of carboxylic acid groups (broad SMARTS) is 2. The molecule has 0 aromatic rings. The zero-order valence-corrected chi connectivity index (χ0v) is 17.6. The van der Waals surface area contributed by atoms with Crippen LogP contribution in [0.2, 0.25) is 0 Å². The number of carboxylic acids is 2. The lowest BCUT2D eigenvalue weighted by Gasteiger charge is -2.19. The molecule has 2 amide bonds. The SMILES string of the molecule is O=C(CCC(NC(=O)C(F)(F)F)C(=O)O)C[C@@H](COS(=O)(=O)O)C(=O)N[C@@H](CS)C(=O)O. The monoisotopic (exact) mass is 512 g/mol. The third kappa shape index (κ3) is 11.8. The number of carbonyl (C=O) groups is 5. The normalized spacial score (nSPS) is 14.7. The van der Waals surface area contributed by atoms with Crippen molar-refractivity contribution in [3.05, 3.63) is 0 Å². The van der Waals surface area contributed by atoms with Crippen LogP contribution in [0.1, 0.15) is 19.3 Å². The summed E-state index contributed by atoms with van der Waals surface area (Å²) in [4.78, 5) is 57.1. The Balaban J connectivity index is 5.21. The van der Waals surface area contributed by atoms with Crippen LogP contribution in [0, 0.1) is 5.92 Å². The van der Waals surface area contributed by atoms with Crippen molar-refractivity contribution in [3.8, 4) is 0 Å². The van der Waals surface area contributed by atoms with E-state index in [0.29, 0.717) is 0 Å². The summed E-state index contributed by atoms with van der Waals surface area (Å²) in [5.74, 6) is -10.2. The van der Waals surface area contributed by atoms with Crippen LogP contribution in [0.4, 0.5) is 13.2 Å². The molecule has 3 atom stereocenters. The van der Waals surface area contributed by atoms with E-state index in [-0.39, 0.29) is 5.75 Å². The first-order chi connectivity index (χ1) is 14.5. The second kappa shape index (κ2) is 12.6. The second-order valence-electron chi connectivity index (χ2n) is 6.13. The first kappa shape index (κ1) is 29.6. The molecule has 0 heterocycles. The number of thiol groups is 1. The molecule has 0 aromatic heterocycles. The molecule has 1 unspecified atom stereocenters. The fraction of sp³-hybridized carbons (Fsp3) is 0.643. The average molecular weight is 512 g/mol. The molecule has 0 saturated heterocycles. The lowest BCUT2D eigenvalue weighted by molar-refractivity contribution is -0.175. The molecule has 0 rings (SSSR count). The van der Waals surface area contributed by atoms with Crippen molar-refractivity contribution < 1.29 is 64.5 Å². The topological polar surface area (TPSA) is 213 Å². The third-order valence-corrected chi connectivity index (χ3v) is 4.43. The van der Waals surface area contributed by atoms with Gasteiger partial charge in [-0.2, -0.15) is 34.2 Å². The minimum absolute atomic E-state index is 0.389. The number of hydrogen-bond donors (Lipinski definition) is 6. The fourth-order valence-corrected chi connectivity index (χ4v) is 2.63. The van der Waals surface area contributed by atoms with E-state index in [2.05, 4.69) is 16.8 Å². The van der Waals surface area contributed by atoms with Crippen LogP contribution in [-0.2, 0) is 38.6 Å². The molecule has 5 N–H and O–H groups in total. The van der Waals surface area contributed by atoms with Gasteiger partial charge in [0.05, 0.1) is 12.5 Å². The summed E-state index contributed by atoms with van der Waals surface area (Å²) in [6.45, 7) is -1.11. The van der Waals surface area contributed by atoms with Crippen molar-refractivity contribution in [2.45, 2.75) is 37.5 Å². The quantitative estimate of drug-likeness (QED) is 0.120. The first-order valence-corrected chi connectivity index (χ1v) is 10.4. The van der Waals surface area contributed by atoms with Gasteiger partial charge in [-0.25, -0.2) is 13.8 Å². The van der Waals surface area contributed by atoms with Gasteiger partial charge in [0.25, 0.3) is 0 Å². The van der Waals surface area contributed by atoms with Crippen LogP contribution in [0.25, 0.3) is 0 Å². The third-order valence-electron chi connectivity index (χ3n) is 3.63. The van der Waals surface area contributed by atoms with E-state index >= 15 is 0 Å². The summed E-state index contributed by atoms with van der Waals surface area (Å²) in [7, 11) is -5.06. The predicted molar refractivity (Wildman–Crippen MR) is 98.9 cm³/mol. The number of aliphatic carboxylic acids is 2. The number of nitrogens with one attached hydrogen (secondary N) is 2. The molecule has 0 saturated carbocycles. The molecule has 0 aromatic carbocycles. The molecule has 0 aliphatic rings. The predicted octanol–water partition coefficient (Wildman–Crippen LogP) is -1.21. The van der Waals surface area contributed by atoms with Crippen molar-refractivity contribution in [1.29, 1.82) is 0 Å². The van der Waals surface area contributed by atoms with Gasteiger partial charge in [-0.15, -0.1) is 0 Å². The maximum atomic E-state index is 12.3. The molecular weight excluding hydrogens is 493 g/mol. The van der Waals surface area contributed by atoms with E-state index in [9.17, 15) is 45.6 Å². The molecule has 32 heavy (non-hydrogen) atoms. The highest BCUT2D eigenvalue weighted by atomic mass is 32.3. The van der Waals surface area contributed by atoms with Gasteiger partial charge in [0, 0.05) is 18.6 Å². The smallest absolute Gasteiger partial charge is 0.471 e. The molecule has 0 fully saturated rings. The van der Waals surface area contributed by atoms with Crippen LogP contribution in [0.3, 0.4) is 0 Å². The van der Waals surface area contributed by atoms with Gasteiger partial charge in [0.2, 0.25) is 5.91 Å². The van der Waals surface area contributed by atoms with E-state index in [1.165, 1.54) is 5.32 Å². The zero-order valence-electron chi connectivity index (χ0n) is 15.9. The number of amides is 2. The van der Waals surface area contributed by atoms with Gasteiger partial charge in [-0.3, -0.25) is 18.9 Å². The molecule has 0 spiro atoms. The number of Topliss-reactive ketones (excluding diaryl/α,β-unsaturated/α-hetero) is 1. The van der Waals surface area contributed by atoms with Gasteiger partial charge < -0.3 is 20.8 Å². The van der Waals surface area contributed by atoms with Crippen LogP contribution in [0.5, 0.6) is 0 Å². The summed E-state index contributed by atoms with van der Waals surface area (Å²) in [6.07, 6.45) is -7.81. The van der Waals surface area contributed by atoms with Crippen molar-refractivity contribution in [3.63, 3.8) is 0 Å². The lowest BCUT2D eigenvalue weighted by atomic mass is 9.98. The zero-order chi connectivity index (χ0) is 25.3. The highest BCUT2D eigenvalue weighted by Gasteiger charge is 2.41. The molecule has 18 heteroatoms. The largest absolute Gasteiger partial charge is 0.480 e. The number of ketones is 1. The average Bonchev–Trinajstić information content (AvgIpc) is 2.63. The molecule has 0 aliphatic heterocycles. The minimum Gasteiger partial charge on any atom is -0.480 e. The van der Waals surface area contributed by atoms with Crippen LogP contribution >= 0.6 is 12.6 Å². The van der Waals surface area contributed by atoms with E-state index in [1.807, 2.05) is 5.32 Å². The van der Waals surface area contributed by atoms with Crippen LogP contribution in [-0.4, -0.2) is 83.3 Å². The molecule has 184 valence electrons. The summed E-state index contributed by atoms with van der Waals surface area (Å²) in [5.41, 5.74) is 0. The maximum absolute atomic E-state index is 12.3. The fourth-order valence-electron chi connectivity index (χ4n) is 2.05. The number of hydrogen-bond acceptors (Lipinski definition) is 9. The summed E-state index contributed by atoms with van der Waals surface area (Å²) < 4.78 is 70.8. The van der Waals surface area contributed by atoms with Gasteiger partial charge in [-0.05, 0) is 6.42 Å². The minimum atomic E-state index is -5.37. The van der Waals surface area contributed by atoms with E-state index < -0.39 is 90.0 Å². The number of halogens is 3. The second-order valence-corrected chi connectivity index (χ2v) is 7.59. The summed E-state index contributed by atoms with van der Waals surface area (Å²) in [5, 5.41) is 20.9. The van der Waals surface area contributed by atoms with E-state index in [4.69, 9.17) is 14.8 Å². The van der Waals surface area contributed by atoms with Gasteiger partial charge in [0.1, 0.15) is 17.9 Å². The standard InChI is InChI=1S/C14H19F3N2O11S2/c15-14(16,17)13(26)19-8(11(22)23)2-1-7(20)3-6(4-30-32(27,28)29)10(21)18-9(5-31)12(24)25/h6,8-9,31H,1-5H2,(H,18,21)(H,19,26)(H,22,23)(H,24,25)(H,27,28,29)/t6-,8?,9-/m0/s1. The number of rotatable bonds is 14. The Labute approximate surface area is 184 Å². The Kier molecular flexibility index (Phi) is 11.6. The van der Waals surface area contributed by atoms with Gasteiger partial charge in [-0.1, -0.05) is 0 Å². The van der Waals surface area contributed by atoms with Crippen molar-refractivity contribution in [1.82, 2.24) is 10.6 Å².